The van der Waals surface area contributed by atoms with Gasteiger partial charge in [0.1, 0.15) is 18.9 Å². The SMILES string of the molecule is CCN(C(=O)C(CC(C)C)NC(=O)OCc1ccccc1)C(c1ccccc1)C(O)c1nc(C(=O)N2CCCc3ccccc32)co1. The van der Waals surface area contributed by atoms with Crippen LogP contribution in [0.3, 0.4) is 0 Å². The van der Waals surface area contributed by atoms with Crippen molar-refractivity contribution in [2.45, 2.75) is 64.8 Å². The van der Waals surface area contributed by atoms with E-state index in [2.05, 4.69) is 10.3 Å². The number of aromatic nitrogens is 1. The molecule has 1 aliphatic heterocycles. The number of anilines is 1. The van der Waals surface area contributed by atoms with Crippen LogP contribution >= 0.6 is 0 Å². The van der Waals surface area contributed by atoms with Gasteiger partial charge in [-0.3, -0.25) is 9.59 Å². The largest absolute Gasteiger partial charge is 0.445 e. The van der Waals surface area contributed by atoms with E-state index in [0.717, 1.165) is 29.7 Å². The Balaban J connectivity index is 1.38. The third kappa shape index (κ3) is 8.07. The van der Waals surface area contributed by atoms with E-state index < -0.39 is 30.2 Å². The summed E-state index contributed by atoms with van der Waals surface area (Å²) in [5.41, 5.74) is 3.46. The van der Waals surface area contributed by atoms with Gasteiger partial charge in [-0.1, -0.05) is 92.7 Å². The highest BCUT2D eigenvalue weighted by Gasteiger charge is 2.38. The summed E-state index contributed by atoms with van der Waals surface area (Å²) in [6.07, 6.45) is 1.19. The van der Waals surface area contributed by atoms with E-state index in [4.69, 9.17) is 9.15 Å². The summed E-state index contributed by atoms with van der Waals surface area (Å²) in [5, 5.41) is 14.6. The fourth-order valence-corrected chi connectivity index (χ4v) is 6.01. The maximum atomic E-state index is 14.2. The van der Waals surface area contributed by atoms with Crippen molar-refractivity contribution in [1.29, 1.82) is 0 Å². The van der Waals surface area contributed by atoms with Crippen molar-refractivity contribution in [3.05, 3.63) is 119 Å². The second-order valence-electron chi connectivity index (χ2n) is 12.1. The number of ether oxygens (including phenoxy) is 1. The summed E-state index contributed by atoms with van der Waals surface area (Å²) in [7, 11) is 0. The standard InChI is InChI=1S/C37H42N4O6/c1-4-40(35(43)29(22-25(2)3)39-37(45)47-23-26-14-7-5-8-15-26)32(28-17-9-6-10-18-28)33(42)34-38-30(24-46-34)36(44)41-21-13-19-27-16-11-12-20-31(27)41/h5-12,14-18,20,24-25,29,32-33,42H,4,13,19,21-23H2,1-3H3,(H,39,45). The third-order valence-electron chi connectivity index (χ3n) is 8.26. The maximum absolute atomic E-state index is 14.2. The molecule has 246 valence electrons. The normalized spacial score (nSPS) is 14.5. The molecule has 5 rings (SSSR count). The van der Waals surface area contributed by atoms with E-state index in [1.54, 1.807) is 11.8 Å². The molecule has 10 nitrogen and oxygen atoms in total. The van der Waals surface area contributed by atoms with E-state index in [1.807, 2.05) is 98.8 Å². The molecule has 1 aliphatic rings. The van der Waals surface area contributed by atoms with Gasteiger partial charge in [0.25, 0.3) is 5.91 Å². The minimum atomic E-state index is -1.42. The summed E-state index contributed by atoms with van der Waals surface area (Å²) in [6.45, 7) is 6.54. The number of fused-ring (bicyclic) bond motifs is 1. The minimum absolute atomic E-state index is 0.0618. The van der Waals surface area contributed by atoms with Crippen LogP contribution in [0.4, 0.5) is 10.5 Å². The first-order valence-corrected chi connectivity index (χ1v) is 16.1. The Morgan fingerprint density at radius 2 is 1.68 bits per heavy atom. The predicted octanol–water partition coefficient (Wildman–Crippen LogP) is 6.23. The van der Waals surface area contributed by atoms with Crippen LogP contribution in [0.2, 0.25) is 0 Å². The van der Waals surface area contributed by atoms with Gasteiger partial charge >= 0.3 is 6.09 Å². The first kappa shape index (κ1) is 33.4. The number of carbonyl (C=O) groups excluding carboxylic acids is 3. The Labute approximate surface area is 275 Å². The molecule has 0 fully saturated rings. The summed E-state index contributed by atoms with van der Waals surface area (Å²) < 4.78 is 11.2. The first-order chi connectivity index (χ1) is 22.8. The summed E-state index contributed by atoms with van der Waals surface area (Å²) >= 11 is 0. The van der Waals surface area contributed by atoms with Crippen molar-refractivity contribution < 1.29 is 28.6 Å². The number of aryl methyl sites for hydroxylation is 1. The number of aliphatic hydroxyl groups is 1. The lowest BCUT2D eigenvalue weighted by atomic mass is 9.96. The second kappa shape index (κ2) is 15.6. The van der Waals surface area contributed by atoms with Gasteiger partial charge in [-0.05, 0) is 54.9 Å². The average Bonchev–Trinajstić information content (AvgIpc) is 3.59. The summed E-state index contributed by atoms with van der Waals surface area (Å²) in [4.78, 5) is 48.3. The molecule has 2 N–H and O–H groups in total. The third-order valence-corrected chi connectivity index (χ3v) is 8.26. The number of nitrogens with zero attached hydrogens (tertiary/aromatic N) is 3. The zero-order valence-electron chi connectivity index (χ0n) is 27.0. The molecular formula is C37H42N4O6. The van der Waals surface area contributed by atoms with Crippen LogP contribution in [0.25, 0.3) is 0 Å². The molecule has 0 radical (unpaired) electrons. The van der Waals surface area contributed by atoms with E-state index in [1.165, 1.54) is 11.2 Å². The van der Waals surface area contributed by atoms with Crippen molar-refractivity contribution in [2.75, 3.05) is 18.0 Å². The summed E-state index contributed by atoms with van der Waals surface area (Å²) in [5.74, 6) is -0.736. The van der Waals surface area contributed by atoms with Gasteiger partial charge in [0.05, 0.1) is 6.04 Å². The van der Waals surface area contributed by atoms with Crippen molar-refractivity contribution in [2.24, 2.45) is 5.92 Å². The number of para-hydroxylation sites is 1. The van der Waals surface area contributed by atoms with Crippen LogP contribution in [-0.2, 0) is 22.6 Å². The second-order valence-corrected chi connectivity index (χ2v) is 12.1. The molecule has 3 unspecified atom stereocenters. The highest BCUT2D eigenvalue weighted by atomic mass is 16.5. The Kier molecular flexibility index (Phi) is 11.1. The van der Waals surface area contributed by atoms with E-state index in [0.29, 0.717) is 18.5 Å². The van der Waals surface area contributed by atoms with Gasteiger partial charge in [0.2, 0.25) is 11.8 Å². The lowest BCUT2D eigenvalue weighted by Crippen LogP contribution is -2.51. The summed E-state index contributed by atoms with van der Waals surface area (Å²) in [6, 6.07) is 24.3. The number of amides is 3. The van der Waals surface area contributed by atoms with Gasteiger partial charge < -0.3 is 29.4 Å². The molecule has 0 aliphatic carbocycles. The van der Waals surface area contributed by atoms with Gasteiger partial charge in [0.15, 0.2) is 11.8 Å². The van der Waals surface area contributed by atoms with Crippen LogP contribution in [0.1, 0.15) is 78.8 Å². The maximum Gasteiger partial charge on any atom is 0.408 e. The highest BCUT2D eigenvalue weighted by Crippen LogP contribution is 2.35. The number of benzene rings is 3. The number of nitrogens with one attached hydrogen (secondary N) is 1. The number of aliphatic hydroxyl groups excluding tert-OH is 1. The van der Waals surface area contributed by atoms with E-state index >= 15 is 0 Å². The van der Waals surface area contributed by atoms with Crippen molar-refractivity contribution in [3.8, 4) is 0 Å². The van der Waals surface area contributed by atoms with Crippen LogP contribution < -0.4 is 10.2 Å². The minimum Gasteiger partial charge on any atom is -0.445 e. The Bertz CT molecular complexity index is 1640. The van der Waals surface area contributed by atoms with Crippen molar-refractivity contribution >= 4 is 23.6 Å². The molecule has 0 saturated heterocycles. The smallest absolute Gasteiger partial charge is 0.408 e. The van der Waals surface area contributed by atoms with Crippen LogP contribution in [-0.4, -0.2) is 52.0 Å². The monoisotopic (exact) mass is 638 g/mol. The number of carbonyl (C=O) groups is 3. The zero-order chi connectivity index (χ0) is 33.3. The van der Waals surface area contributed by atoms with Crippen LogP contribution in [0.15, 0.2) is 95.6 Å². The molecule has 0 bridgehead atoms. The first-order valence-electron chi connectivity index (χ1n) is 16.1. The highest BCUT2D eigenvalue weighted by molar-refractivity contribution is 6.05. The molecule has 1 aromatic heterocycles. The molecule has 0 spiro atoms. The van der Waals surface area contributed by atoms with E-state index in [-0.39, 0.29) is 36.6 Å². The molecule has 47 heavy (non-hydrogen) atoms. The molecule has 4 aromatic rings. The van der Waals surface area contributed by atoms with Gasteiger partial charge in [-0.2, -0.15) is 0 Å². The number of rotatable bonds is 12. The number of likely N-dealkylation sites (N-methyl/N-ethyl adjacent to an activating group) is 1. The fraction of sp³-hybridized carbons (Fsp3) is 0.351. The Hall–Kier alpha value is -4.96. The molecule has 3 atom stereocenters. The topological polar surface area (TPSA) is 125 Å². The fourth-order valence-electron chi connectivity index (χ4n) is 6.01. The van der Waals surface area contributed by atoms with Gasteiger partial charge in [-0.25, -0.2) is 9.78 Å². The molecule has 3 aromatic carbocycles. The van der Waals surface area contributed by atoms with E-state index in [9.17, 15) is 19.5 Å². The van der Waals surface area contributed by atoms with Crippen molar-refractivity contribution in [1.82, 2.24) is 15.2 Å². The molecule has 3 amide bonds. The molecule has 10 heteroatoms. The predicted molar refractivity (Wildman–Crippen MR) is 177 cm³/mol. The number of oxazole rings is 1. The zero-order valence-corrected chi connectivity index (χ0v) is 27.0. The van der Waals surface area contributed by atoms with Gasteiger partial charge in [0, 0.05) is 18.8 Å². The Morgan fingerprint density at radius 3 is 2.38 bits per heavy atom. The lowest BCUT2D eigenvalue weighted by molar-refractivity contribution is -0.139. The van der Waals surface area contributed by atoms with Crippen LogP contribution in [0.5, 0.6) is 0 Å². The number of hydrogen-bond donors (Lipinski definition) is 2. The van der Waals surface area contributed by atoms with Crippen molar-refractivity contribution in [3.63, 3.8) is 0 Å². The van der Waals surface area contributed by atoms with Gasteiger partial charge in [-0.15, -0.1) is 0 Å². The molecular weight excluding hydrogens is 596 g/mol. The number of alkyl carbamates (subject to hydrolysis) is 1. The molecule has 0 saturated carbocycles. The van der Waals surface area contributed by atoms with Crippen LogP contribution in [0, 0.1) is 5.92 Å². The lowest BCUT2D eigenvalue weighted by Gasteiger charge is -2.36. The quantitative estimate of drug-likeness (QED) is 0.188. The average molecular weight is 639 g/mol. The molecule has 2 heterocycles. The Morgan fingerprint density at radius 1 is 1.00 bits per heavy atom. The number of hydrogen-bond acceptors (Lipinski definition) is 7.